The number of hydrogen-bond donors (Lipinski definition) is 2. The van der Waals surface area contributed by atoms with Crippen molar-refractivity contribution >= 4 is 22.8 Å². The van der Waals surface area contributed by atoms with E-state index in [0.29, 0.717) is 11.1 Å². The average Bonchev–Trinajstić information content (AvgIpc) is 2.53. The van der Waals surface area contributed by atoms with Crippen molar-refractivity contribution in [3.8, 4) is 12.1 Å². The van der Waals surface area contributed by atoms with Gasteiger partial charge in [0.25, 0.3) is 0 Å². The molecule has 1 aliphatic heterocycles. The van der Waals surface area contributed by atoms with Crippen molar-refractivity contribution in [3.05, 3.63) is 46.0 Å². The zero-order valence-corrected chi connectivity index (χ0v) is 12.5. The molecule has 1 aromatic rings. The smallest absolute Gasteiger partial charge is 0.337 e. The maximum absolute atomic E-state index is 11.5. The van der Waals surface area contributed by atoms with Gasteiger partial charge in [-0.3, -0.25) is 5.41 Å². The topological polar surface area (TPSA) is 124 Å². The highest BCUT2D eigenvalue weighted by Crippen LogP contribution is 2.42. The molecule has 0 aromatic heterocycles. The first kappa shape index (κ1) is 15.6. The van der Waals surface area contributed by atoms with Crippen LogP contribution in [-0.4, -0.2) is 18.1 Å². The van der Waals surface area contributed by atoms with Gasteiger partial charge in [-0.1, -0.05) is 23.9 Å². The lowest BCUT2D eigenvalue weighted by molar-refractivity contribution is 0.0600. The second kappa shape index (κ2) is 6.33. The highest BCUT2D eigenvalue weighted by Gasteiger charge is 2.37. The molecule has 0 spiro atoms. The lowest BCUT2D eigenvalue weighted by Gasteiger charge is -2.27. The molecule has 110 valence electrons. The number of esters is 1. The number of carbonyl (C=O) groups is 1. The van der Waals surface area contributed by atoms with Gasteiger partial charge in [-0.25, -0.2) is 4.79 Å². The van der Waals surface area contributed by atoms with Crippen LogP contribution < -0.4 is 5.73 Å². The molecule has 6 nitrogen and oxygen atoms in total. The molecule has 1 aliphatic rings. The zero-order valence-electron chi connectivity index (χ0n) is 11.7. The Morgan fingerprint density at radius 3 is 2.50 bits per heavy atom. The number of carbonyl (C=O) groups excluding carboxylic acids is 1. The summed E-state index contributed by atoms with van der Waals surface area (Å²) in [4.78, 5) is 11.5. The fraction of sp³-hybridized carbons (Fsp3) is 0.200. The number of methoxy groups -OCH3 is 1. The van der Waals surface area contributed by atoms with Gasteiger partial charge in [0.05, 0.1) is 40.5 Å². The number of benzene rings is 1. The molecule has 0 radical (unpaired) electrons. The highest BCUT2D eigenvalue weighted by atomic mass is 32.2. The maximum atomic E-state index is 11.5. The molecule has 2 rings (SSSR count). The molecule has 0 bridgehead atoms. The molecule has 0 unspecified atom stereocenters. The highest BCUT2D eigenvalue weighted by molar-refractivity contribution is 8.17. The Morgan fingerprint density at radius 1 is 1.36 bits per heavy atom. The van der Waals surface area contributed by atoms with E-state index in [0.717, 1.165) is 11.8 Å². The van der Waals surface area contributed by atoms with Gasteiger partial charge in [-0.05, 0) is 17.7 Å². The number of nitrogens with one attached hydrogen (secondary N) is 1. The van der Waals surface area contributed by atoms with E-state index >= 15 is 0 Å². The summed E-state index contributed by atoms with van der Waals surface area (Å²) in [6, 6.07) is 10.5. The zero-order chi connectivity index (χ0) is 16.3. The molecule has 1 aromatic carbocycles. The van der Waals surface area contributed by atoms with Crippen molar-refractivity contribution < 1.29 is 9.53 Å². The third kappa shape index (κ3) is 2.67. The molecule has 0 saturated carbocycles. The summed E-state index contributed by atoms with van der Waals surface area (Å²) >= 11 is 0.938. The normalized spacial score (nSPS) is 21.0. The van der Waals surface area contributed by atoms with Gasteiger partial charge < -0.3 is 10.5 Å². The van der Waals surface area contributed by atoms with Crippen LogP contribution in [0.2, 0.25) is 0 Å². The first-order valence-corrected chi connectivity index (χ1v) is 7.09. The number of hydrogen-bond acceptors (Lipinski definition) is 7. The first-order chi connectivity index (χ1) is 10.5. The van der Waals surface area contributed by atoms with Crippen LogP contribution in [0.4, 0.5) is 0 Å². The van der Waals surface area contributed by atoms with Gasteiger partial charge in [0, 0.05) is 5.92 Å². The number of nitrogens with two attached hydrogens (primary N) is 1. The van der Waals surface area contributed by atoms with E-state index in [1.807, 2.05) is 6.07 Å². The quantitative estimate of drug-likeness (QED) is 0.806. The summed E-state index contributed by atoms with van der Waals surface area (Å²) < 4.78 is 4.63. The number of nitriles is 2. The molecular formula is C15H12N4O2S. The van der Waals surface area contributed by atoms with E-state index in [1.54, 1.807) is 24.3 Å². The number of allylic oxidation sites excluding steroid dienone is 1. The van der Waals surface area contributed by atoms with E-state index in [4.69, 9.17) is 11.1 Å². The Labute approximate surface area is 131 Å². The van der Waals surface area contributed by atoms with Crippen LogP contribution in [0, 0.1) is 34.0 Å². The predicted octanol–water partition coefficient (Wildman–Crippen LogP) is 2.11. The minimum absolute atomic E-state index is 0.112. The molecular weight excluding hydrogens is 300 g/mol. The summed E-state index contributed by atoms with van der Waals surface area (Å²) in [7, 11) is 1.29. The van der Waals surface area contributed by atoms with Crippen LogP contribution in [0.25, 0.3) is 0 Å². The molecule has 0 aliphatic carbocycles. The van der Waals surface area contributed by atoms with Gasteiger partial charge >= 0.3 is 5.97 Å². The molecule has 0 fully saturated rings. The van der Waals surface area contributed by atoms with Crippen LogP contribution in [-0.2, 0) is 4.74 Å². The second-order valence-electron chi connectivity index (χ2n) is 4.55. The predicted molar refractivity (Wildman–Crippen MR) is 81.8 cm³/mol. The Balaban J connectivity index is 2.50. The van der Waals surface area contributed by atoms with Crippen molar-refractivity contribution in [2.24, 2.45) is 11.7 Å². The SMILES string of the molecule is COC(=O)c1ccc([C@H]2C(C#N)=C(N)SC(=N)[C@H]2C#N)cc1. The first-order valence-electron chi connectivity index (χ1n) is 6.27. The van der Waals surface area contributed by atoms with Gasteiger partial charge in [0.1, 0.15) is 5.92 Å². The van der Waals surface area contributed by atoms with Crippen molar-refractivity contribution in [2.45, 2.75) is 5.92 Å². The molecule has 7 heteroatoms. The molecule has 22 heavy (non-hydrogen) atoms. The molecule has 1 heterocycles. The third-order valence-corrected chi connectivity index (χ3v) is 4.28. The Bertz CT molecular complexity index is 740. The number of ether oxygens (including phenoxy) is 1. The van der Waals surface area contributed by atoms with Crippen LogP contribution in [0.1, 0.15) is 21.8 Å². The Kier molecular flexibility index (Phi) is 4.50. The second-order valence-corrected chi connectivity index (χ2v) is 5.64. The van der Waals surface area contributed by atoms with E-state index in [2.05, 4.69) is 10.8 Å². The maximum Gasteiger partial charge on any atom is 0.337 e. The molecule has 2 atom stereocenters. The van der Waals surface area contributed by atoms with Gasteiger partial charge in [-0.15, -0.1) is 0 Å². The van der Waals surface area contributed by atoms with Crippen molar-refractivity contribution in [2.75, 3.05) is 7.11 Å². The van der Waals surface area contributed by atoms with E-state index in [1.165, 1.54) is 7.11 Å². The van der Waals surface area contributed by atoms with Crippen molar-refractivity contribution in [1.82, 2.24) is 0 Å². The van der Waals surface area contributed by atoms with E-state index < -0.39 is 17.8 Å². The standard InChI is InChI=1S/C15H12N4O2S/c1-21-15(20)9-4-2-8(3-5-9)12-10(6-16)13(18)22-14(19)11(12)7-17/h2-5,10,12,18H,19H2,1H3/t10-,12+/m0/s1. The lowest BCUT2D eigenvalue weighted by Crippen LogP contribution is -2.26. The summed E-state index contributed by atoms with van der Waals surface area (Å²) in [5.41, 5.74) is 7.12. The monoisotopic (exact) mass is 312 g/mol. The van der Waals surface area contributed by atoms with Gasteiger partial charge in [0.2, 0.25) is 0 Å². The summed E-state index contributed by atoms with van der Waals surface area (Å²) in [6.45, 7) is 0. The van der Waals surface area contributed by atoms with Gasteiger partial charge in [-0.2, -0.15) is 10.5 Å². The summed E-state index contributed by atoms with van der Waals surface area (Å²) in [5, 5.41) is 26.9. The minimum Gasteiger partial charge on any atom is -0.465 e. The fourth-order valence-corrected chi connectivity index (χ4v) is 3.10. The van der Waals surface area contributed by atoms with Crippen LogP contribution >= 0.6 is 11.8 Å². The average molecular weight is 312 g/mol. The van der Waals surface area contributed by atoms with Crippen molar-refractivity contribution in [1.29, 1.82) is 15.9 Å². The molecule has 3 N–H and O–H groups in total. The van der Waals surface area contributed by atoms with Crippen molar-refractivity contribution in [3.63, 3.8) is 0 Å². The fourth-order valence-electron chi connectivity index (χ4n) is 2.27. The van der Waals surface area contributed by atoms with E-state index in [9.17, 15) is 15.3 Å². The van der Waals surface area contributed by atoms with Crippen LogP contribution in [0.3, 0.4) is 0 Å². The third-order valence-electron chi connectivity index (χ3n) is 3.36. The number of nitrogens with zero attached hydrogens (tertiary/aromatic N) is 2. The lowest BCUT2D eigenvalue weighted by atomic mass is 9.81. The Morgan fingerprint density at radius 2 is 2.00 bits per heavy atom. The Hall–Kier alpha value is -2.77. The number of thioether (sulfide) groups is 1. The van der Waals surface area contributed by atoms with Gasteiger partial charge in [0.15, 0.2) is 0 Å². The minimum atomic E-state index is -0.768. The summed E-state index contributed by atoms with van der Waals surface area (Å²) in [6.07, 6.45) is 0. The van der Waals surface area contributed by atoms with Crippen LogP contribution in [0.15, 0.2) is 34.9 Å². The largest absolute Gasteiger partial charge is 0.465 e. The van der Waals surface area contributed by atoms with E-state index in [-0.39, 0.29) is 15.6 Å². The number of rotatable bonds is 2. The molecule has 0 saturated heterocycles. The molecule has 0 amide bonds. The van der Waals surface area contributed by atoms with Crippen LogP contribution in [0.5, 0.6) is 0 Å². The summed E-state index contributed by atoms with van der Waals surface area (Å²) in [5.74, 6) is -1.84.